The molecule has 1 saturated heterocycles. The van der Waals surface area contributed by atoms with Crippen molar-refractivity contribution < 1.29 is 13.2 Å². The van der Waals surface area contributed by atoms with E-state index in [9.17, 15) is 13.2 Å². The Labute approximate surface area is 167 Å². The van der Waals surface area contributed by atoms with Gasteiger partial charge in [-0.2, -0.15) is 4.31 Å². The van der Waals surface area contributed by atoms with E-state index in [0.29, 0.717) is 18.7 Å². The predicted molar refractivity (Wildman–Crippen MR) is 111 cm³/mol. The highest BCUT2D eigenvalue weighted by atomic mass is 32.2. The number of nitrogens with zero attached hydrogens (tertiary/aromatic N) is 1. The van der Waals surface area contributed by atoms with Gasteiger partial charge in [-0.1, -0.05) is 30.7 Å². The second-order valence-electron chi connectivity index (χ2n) is 7.43. The highest BCUT2D eigenvalue weighted by Crippen LogP contribution is 2.23. The second-order valence-corrected chi connectivity index (χ2v) is 9.37. The molecule has 1 N–H and O–H groups in total. The smallest absolute Gasteiger partial charge is 0.251 e. The summed E-state index contributed by atoms with van der Waals surface area (Å²) in [5.41, 5.74) is 3.91. The van der Waals surface area contributed by atoms with E-state index in [4.69, 9.17) is 0 Å². The zero-order chi connectivity index (χ0) is 20.3. The quantitative estimate of drug-likeness (QED) is 0.798. The van der Waals surface area contributed by atoms with Gasteiger partial charge in [0.15, 0.2) is 0 Å². The van der Waals surface area contributed by atoms with Crippen LogP contribution in [0.1, 0.15) is 59.3 Å². The summed E-state index contributed by atoms with van der Waals surface area (Å²) < 4.78 is 26.7. The monoisotopic (exact) mass is 400 g/mol. The van der Waals surface area contributed by atoms with E-state index in [0.717, 1.165) is 30.4 Å². The van der Waals surface area contributed by atoms with E-state index < -0.39 is 10.0 Å². The van der Waals surface area contributed by atoms with Gasteiger partial charge in [-0.05, 0) is 68.5 Å². The number of hydrogen-bond acceptors (Lipinski definition) is 3. The summed E-state index contributed by atoms with van der Waals surface area (Å²) in [7, 11) is -3.46. The number of benzene rings is 2. The number of nitrogens with one attached hydrogen (secondary N) is 1. The third-order valence-corrected chi connectivity index (χ3v) is 7.25. The van der Waals surface area contributed by atoms with Crippen LogP contribution in [0, 0.1) is 13.8 Å². The SMILES string of the molecule is CCC(NC(=O)c1ccc(S(=O)(=O)N2CCCC2)cc1)c1ccc(C)cc1C. The van der Waals surface area contributed by atoms with Crippen LogP contribution in [0.2, 0.25) is 0 Å². The van der Waals surface area contributed by atoms with E-state index in [1.165, 1.54) is 22.0 Å². The van der Waals surface area contributed by atoms with Crippen LogP contribution in [0.25, 0.3) is 0 Å². The van der Waals surface area contributed by atoms with Crippen molar-refractivity contribution in [2.45, 2.75) is 51.0 Å². The molecule has 0 aromatic heterocycles. The minimum Gasteiger partial charge on any atom is -0.345 e. The van der Waals surface area contributed by atoms with E-state index in [1.54, 1.807) is 12.1 Å². The summed E-state index contributed by atoms with van der Waals surface area (Å²) >= 11 is 0. The van der Waals surface area contributed by atoms with Gasteiger partial charge in [0, 0.05) is 18.7 Å². The summed E-state index contributed by atoms with van der Waals surface area (Å²) in [5, 5.41) is 3.07. The van der Waals surface area contributed by atoms with Gasteiger partial charge in [0.05, 0.1) is 10.9 Å². The van der Waals surface area contributed by atoms with E-state index in [2.05, 4.69) is 30.4 Å². The number of aryl methyl sites for hydroxylation is 2. The first-order valence-corrected chi connectivity index (χ1v) is 11.2. The van der Waals surface area contributed by atoms with Gasteiger partial charge in [0.1, 0.15) is 0 Å². The van der Waals surface area contributed by atoms with Crippen molar-refractivity contribution in [1.82, 2.24) is 9.62 Å². The van der Waals surface area contributed by atoms with Gasteiger partial charge in [-0.25, -0.2) is 8.42 Å². The first-order chi connectivity index (χ1) is 13.3. The number of carbonyl (C=O) groups is 1. The Hall–Kier alpha value is -2.18. The van der Waals surface area contributed by atoms with Crippen molar-refractivity contribution in [2.75, 3.05) is 13.1 Å². The Morgan fingerprint density at radius 3 is 2.29 bits per heavy atom. The van der Waals surface area contributed by atoms with Gasteiger partial charge < -0.3 is 5.32 Å². The first kappa shape index (κ1) is 20.6. The zero-order valence-electron chi connectivity index (χ0n) is 16.7. The lowest BCUT2D eigenvalue weighted by molar-refractivity contribution is 0.0935. The van der Waals surface area contributed by atoms with Gasteiger partial charge in [-0.3, -0.25) is 4.79 Å². The standard InChI is InChI=1S/C22H28N2O3S/c1-4-21(20-12-7-16(2)15-17(20)3)23-22(25)18-8-10-19(11-9-18)28(26,27)24-13-5-6-14-24/h7-12,15,21H,4-6,13-14H2,1-3H3,(H,23,25). The molecule has 1 heterocycles. The summed E-state index contributed by atoms with van der Waals surface area (Å²) in [6.45, 7) is 7.27. The highest BCUT2D eigenvalue weighted by molar-refractivity contribution is 7.89. The summed E-state index contributed by atoms with van der Waals surface area (Å²) in [4.78, 5) is 13.0. The minimum absolute atomic E-state index is 0.0823. The van der Waals surface area contributed by atoms with Gasteiger partial charge in [0.25, 0.3) is 5.91 Å². The molecule has 0 saturated carbocycles. The van der Waals surface area contributed by atoms with Crippen molar-refractivity contribution >= 4 is 15.9 Å². The van der Waals surface area contributed by atoms with Crippen LogP contribution >= 0.6 is 0 Å². The van der Waals surface area contributed by atoms with Crippen LogP contribution in [-0.4, -0.2) is 31.7 Å². The van der Waals surface area contributed by atoms with Crippen molar-refractivity contribution in [3.63, 3.8) is 0 Å². The highest BCUT2D eigenvalue weighted by Gasteiger charge is 2.27. The molecule has 2 aromatic carbocycles. The lowest BCUT2D eigenvalue weighted by Crippen LogP contribution is -2.29. The predicted octanol–water partition coefficient (Wildman–Crippen LogP) is 3.97. The van der Waals surface area contributed by atoms with Crippen molar-refractivity contribution in [2.24, 2.45) is 0 Å². The average Bonchev–Trinajstić information content (AvgIpc) is 3.22. The molecule has 1 atom stereocenters. The third-order valence-electron chi connectivity index (χ3n) is 5.33. The number of carbonyl (C=O) groups excluding carboxylic acids is 1. The Bertz CT molecular complexity index is 946. The molecule has 150 valence electrons. The number of hydrogen-bond donors (Lipinski definition) is 1. The molecular weight excluding hydrogens is 372 g/mol. The molecule has 1 unspecified atom stereocenters. The molecule has 1 amide bonds. The molecule has 1 aliphatic rings. The molecule has 1 aliphatic heterocycles. The number of sulfonamides is 1. The summed E-state index contributed by atoms with van der Waals surface area (Å²) in [6.07, 6.45) is 2.57. The molecule has 0 spiro atoms. The second kappa shape index (κ2) is 8.45. The Balaban J connectivity index is 1.75. The molecule has 2 aromatic rings. The van der Waals surface area contributed by atoms with E-state index in [-0.39, 0.29) is 16.8 Å². The van der Waals surface area contributed by atoms with Crippen LogP contribution in [0.4, 0.5) is 0 Å². The molecule has 28 heavy (non-hydrogen) atoms. The topological polar surface area (TPSA) is 66.5 Å². The summed E-state index contributed by atoms with van der Waals surface area (Å²) in [6, 6.07) is 12.4. The van der Waals surface area contributed by atoms with E-state index >= 15 is 0 Å². The molecule has 6 heteroatoms. The van der Waals surface area contributed by atoms with Crippen LogP contribution in [0.5, 0.6) is 0 Å². The molecule has 0 bridgehead atoms. The number of rotatable bonds is 6. The normalized spacial score (nSPS) is 16.1. The fraction of sp³-hybridized carbons (Fsp3) is 0.409. The lowest BCUT2D eigenvalue weighted by Gasteiger charge is -2.20. The zero-order valence-corrected chi connectivity index (χ0v) is 17.6. The Kier molecular flexibility index (Phi) is 6.20. The molecular formula is C22H28N2O3S. The van der Waals surface area contributed by atoms with E-state index in [1.807, 2.05) is 13.8 Å². The van der Waals surface area contributed by atoms with Crippen molar-refractivity contribution in [1.29, 1.82) is 0 Å². The van der Waals surface area contributed by atoms with Gasteiger partial charge in [0.2, 0.25) is 10.0 Å². The van der Waals surface area contributed by atoms with Crippen LogP contribution in [-0.2, 0) is 10.0 Å². The van der Waals surface area contributed by atoms with Crippen LogP contribution < -0.4 is 5.32 Å². The molecule has 5 nitrogen and oxygen atoms in total. The van der Waals surface area contributed by atoms with Gasteiger partial charge >= 0.3 is 0 Å². The molecule has 0 radical (unpaired) electrons. The third kappa shape index (κ3) is 4.28. The minimum atomic E-state index is -3.46. The maximum absolute atomic E-state index is 12.7. The average molecular weight is 401 g/mol. The molecule has 0 aliphatic carbocycles. The van der Waals surface area contributed by atoms with Crippen LogP contribution in [0.3, 0.4) is 0 Å². The lowest BCUT2D eigenvalue weighted by atomic mass is 9.97. The van der Waals surface area contributed by atoms with Gasteiger partial charge in [-0.15, -0.1) is 0 Å². The Morgan fingerprint density at radius 1 is 1.07 bits per heavy atom. The first-order valence-electron chi connectivity index (χ1n) is 9.81. The maximum atomic E-state index is 12.7. The van der Waals surface area contributed by atoms with Crippen molar-refractivity contribution in [3.05, 3.63) is 64.7 Å². The Morgan fingerprint density at radius 2 is 1.71 bits per heavy atom. The largest absolute Gasteiger partial charge is 0.345 e. The molecule has 1 fully saturated rings. The summed E-state index contributed by atoms with van der Waals surface area (Å²) in [5.74, 6) is -0.197. The van der Waals surface area contributed by atoms with Crippen LogP contribution in [0.15, 0.2) is 47.4 Å². The van der Waals surface area contributed by atoms with Crippen molar-refractivity contribution in [3.8, 4) is 0 Å². The fourth-order valence-electron chi connectivity index (χ4n) is 3.71. The molecule has 3 rings (SSSR count). The number of amides is 1. The maximum Gasteiger partial charge on any atom is 0.251 e. The fourth-order valence-corrected chi connectivity index (χ4v) is 5.23.